The number of nitrogens with one attached hydrogen (secondary N) is 1. The van der Waals surface area contributed by atoms with Crippen molar-refractivity contribution in [3.63, 3.8) is 0 Å². The maximum atomic E-state index is 12.7. The molecule has 3 aromatic rings. The Kier molecular flexibility index (Phi) is 4.83. The molecule has 0 radical (unpaired) electrons. The van der Waals surface area contributed by atoms with E-state index in [2.05, 4.69) is 15.6 Å². The summed E-state index contributed by atoms with van der Waals surface area (Å²) in [7, 11) is 0. The van der Waals surface area contributed by atoms with Gasteiger partial charge in [0.1, 0.15) is 17.1 Å². The molecule has 1 amide bonds. The normalized spacial score (nSPS) is 11.8. The van der Waals surface area contributed by atoms with E-state index in [1.54, 1.807) is 57.2 Å². The van der Waals surface area contributed by atoms with Crippen molar-refractivity contribution < 1.29 is 23.4 Å². The molecule has 1 N–H and O–H groups in total. The zero-order valence-electron chi connectivity index (χ0n) is 14.5. The van der Waals surface area contributed by atoms with E-state index in [4.69, 9.17) is 13.8 Å². The van der Waals surface area contributed by atoms with Gasteiger partial charge in [-0.1, -0.05) is 40.6 Å². The summed E-state index contributed by atoms with van der Waals surface area (Å²) in [6.07, 6.45) is -1.17. The van der Waals surface area contributed by atoms with Crippen LogP contribution in [0, 0.1) is 20.8 Å². The highest BCUT2D eigenvalue weighted by atomic mass is 16.6. The van der Waals surface area contributed by atoms with E-state index in [0.717, 1.165) is 0 Å². The number of esters is 1. The fourth-order valence-corrected chi connectivity index (χ4v) is 2.46. The third-order valence-electron chi connectivity index (χ3n) is 3.68. The highest BCUT2D eigenvalue weighted by Gasteiger charge is 2.29. The molecule has 0 fully saturated rings. The standard InChI is InChI=1S/C18H17N3O5/c1-10-9-14(21-25-10)19-17(22)16(13-7-5-4-6-8-13)24-18(23)15-11(2)20-26-12(15)3/h4-9,16H,1-3H3,(H,19,21,22). The van der Waals surface area contributed by atoms with Crippen LogP contribution in [-0.2, 0) is 9.53 Å². The van der Waals surface area contributed by atoms with Crippen molar-refractivity contribution in [3.8, 4) is 0 Å². The van der Waals surface area contributed by atoms with Crippen LogP contribution in [0.2, 0.25) is 0 Å². The summed E-state index contributed by atoms with van der Waals surface area (Å²) in [5.74, 6) is -0.135. The number of benzene rings is 1. The number of aromatic nitrogens is 2. The third-order valence-corrected chi connectivity index (χ3v) is 3.68. The molecule has 0 saturated heterocycles. The van der Waals surface area contributed by atoms with Crippen molar-refractivity contribution in [1.82, 2.24) is 10.3 Å². The van der Waals surface area contributed by atoms with Crippen LogP contribution in [0.5, 0.6) is 0 Å². The SMILES string of the molecule is Cc1cc(NC(=O)C(OC(=O)c2c(C)noc2C)c2ccccc2)no1. The number of carbonyl (C=O) groups excluding carboxylic acids is 2. The number of amides is 1. The van der Waals surface area contributed by atoms with Gasteiger partial charge in [-0.3, -0.25) is 4.79 Å². The van der Waals surface area contributed by atoms with Gasteiger partial charge >= 0.3 is 5.97 Å². The lowest BCUT2D eigenvalue weighted by Crippen LogP contribution is -2.26. The Hall–Kier alpha value is -3.42. The molecule has 0 saturated carbocycles. The third kappa shape index (κ3) is 3.64. The number of rotatable bonds is 5. The van der Waals surface area contributed by atoms with Gasteiger partial charge in [0.2, 0.25) is 6.10 Å². The molecule has 0 aliphatic heterocycles. The molecule has 1 unspecified atom stereocenters. The Bertz CT molecular complexity index is 910. The van der Waals surface area contributed by atoms with Gasteiger partial charge < -0.3 is 19.1 Å². The summed E-state index contributed by atoms with van der Waals surface area (Å²) >= 11 is 0. The first-order valence-corrected chi connectivity index (χ1v) is 7.88. The average Bonchev–Trinajstić information content (AvgIpc) is 3.18. The zero-order valence-corrected chi connectivity index (χ0v) is 14.5. The number of ether oxygens (including phenoxy) is 1. The van der Waals surface area contributed by atoms with E-state index in [-0.39, 0.29) is 11.4 Å². The van der Waals surface area contributed by atoms with Crippen molar-refractivity contribution in [1.29, 1.82) is 0 Å². The highest BCUT2D eigenvalue weighted by molar-refractivity contribution is 5.98. The molecular weight excluding hydrogens is 338 g/mol. The molecule has 2 heterocycles. The van der Waals surface area contributed by atoms with Crippen molar-refractivity contribution >= 4 is 17.7 Å². The quantitative estimate of drug-likeness (QED) is 0.701. The van der Waals surface area contributed by atoms with Crippen molar-refractivity contribution in [2.75, 3.05) is 5.32 Å². The van der Waals surface area contributed by atoms with E-state index < -0.39 is 18.0 Å². The van der Waals surface area contributed by atoms with E-state index in [9.17, 15) is 9.59 Å². The number of hydrogen-bond donors (Lipinski definition) is 1. The number of nitrogens with zero attached hydrogens (tertiary/aromatic N) is 2. The Balaban J connectivity index is 1.86. The fraction of sp³-hybridized carbons (Fsp3) is 0.222. The van der Waals surface area contributed by atoms with Crippen LogP contribution >= 0.6 is 0 Å². The summed E-state index contributed by atoms with van der Waals surface area (Å²) in [6, 6.07) is 10.3. The second kappa shape index (κ2) is 7.22. The summed E-state index contributed by atoms with van der Waals surface area (Å²) in [5.41, 5.74) is 1.12. The van der Waals surface area contributed by atoms with Crippen LogP contribution in [0.3, 0.4) is 0 Å². The molecule has 134 valence electrons. The maximum absolute atomic E-state index is 12.7. The lowest BCUT2D eigenvalue weighted by atomic mass is 10.1. The molecule has 8 heteroatoms. The molecule has 3 rings (SSSR count). The fourth-order valence-electron chi connectivity index (χ4n) is 2.46. The summed E-state index contributed by atoms with van der Waals surface area (Å²) in [4.78, 5) is 25.2. The summed E-state index contributed by atoms with van der Waals surface area (Å²) in [5, 5.41) is 10.0. The monoisotopic (exact) mass is 355 g/mol. The van der Waals surface area contributed by atoms with Gasteiger partial charge in [0.05, 0.1) is 5.69 Å². The summed E-state index contributed by atoms with van der Waals surface area (Å²) < 4.78 is 15.4. The molecule has 2 aromatic heterocycles. The largest absolute Gasteiger partial charge is 0.444 e. The van der Waals surface area contributed by atoms with Crippen LogP contribution in [0.25, 0.3) is 0 Å². The number of hydrogen-bond acceptors (Lipinski definition) is 7. The molecule has 0 aliphatic rings. The van der Waals surface area contributed by atoms with E-state index in [1.807, 2.05) is 0 Å². The predicted molar refractivity (Wildman–Crippen MR) is 90.4 cm³/mol. The molecule has 8 nitrogen and oxygen atoms in total. The van der Waals surface area contributed by atoms with Gasteiger partial charge in [0.25, 0.3) is 5.91 Å². The molecule has 1 atom stereocenters. The highest BCUT2D eigenvalue weighted by Crippen LogP contribution is 2.23. The van der Waals surface area contributed by atoms with Gasteiger partial charge in [-0.2, -0.15) is 0 Å². The van der Waals surface area contributed by atoms with Gasteiger partial charge in [-0.25, -0.2) is 4.79 Å². The van der Waals surface area contributed by atoms with Gasteiger partial charge in [-0.05, 0) is 20.8 Å². The minimum absolute atomic E-state index is 0.205. The molecule has 26 heavy (non-hydrogen) atoms. The first kappa shape index (κ1) is 17.4. The van der Waals surface area contributed by atoms with Crippen molar-refractivity contribution in [2.24, 2.45) is 0 Å². The Morgan fingerprint density at radius 2 is 1.81 bits per heavy atom. The first-order valence-electron chi connectivity index (χ1n) is 7.88. The van der Waals surface area contributed by atoms with Gasteiger partial charge in [0, 0.05) is 11.6 Å². The van der Waals surface area contributed by atoms with Crippen molar-refractivity contribution in [3.05, 3.63) is 64.7 Å². The minimum Gasteiger partial charge on any atom is -0.444 e. The maximum Gasteiger partial charge on any atom is 0.344 e. The molecular formula is C18H17N3O5. The Morgan fingerprint density at radius 1 is 1.08 bits per heavy atom. The number of carbonyl (C=O) groups is 2. The molecule has 0 spiro atoms. The van der Waals surface area contributed by atoms with E-state index in [1.165, 1.54) is 0 Å². The lowest BCUT2D eigenvalue weighted by molar-refractivity contribution is -0.125. The van der Waals surface area contributed by atoms with Crippen LogP contribution in [0.15, 0.2) is 45.4 Å². The van der Waals surface area contributed by atoms with Crippen LogP contribution in [-0.4, -0.2) is 22.2 Å². The Labute approximate surface area is 149 Å². The first-order chi connectivity index (χ1) is 12.5. The van der Waals surface area contributed by atoms with Crippen LogP contribution in [0.4, 0.5) is 5.82 Å². The zero-order chi connectivity index (χ0) is 18.7. The molecule has 0 aliphatic carbocycles. The van der Waals surface area contributed by atoms with Crippen molar-refractivity contribution in [2.45, 2.75) is 26.9 Å². The van der Waals surface area contributed by atoms with Gasteiger partial charge in [-0.15, -0.1) is 0 Å². The van der Waals surface area contributed by atoms with E-state index in [0.29, 0.717) is 22.8 Å². The lowest BCUT2D eigenvalue weighted by Gasteiger charge is -2.17. The van der Waals surface area contributed by atoms with E-state index >= 15 is 0 Å². The molecule has 0 bridgehead atoms. The predicted octanol–water partition coefficient (Wildman–Crippen LogP) is 3.12. The van der Waals surface area contributed by atoms with Crippen LogP contribution < -0.4 is 5.32 Å². The Morgan fingerprint density at radius 3 is 2.38 bits per heavy atom. The topological polar surface area (TPSA) is 107 Å². The molecule has 1 aromatic carbocycles. The number of anilines is 1. The van der Waals surface area contributed by atoms with Gasteiger partial charge in [0.15, 0.2) is 5.82 Å². The smallest absolute Gasteiger partial charge is 0.344 e. The minimum atomic E-state index is -1.17. The van der Waals surface area contributed by atoms with Crippen LogP contribution in [0.1, 0.15) is 39.2 Å². The number of aryl methyl sites for hydroxylation is 3. The second-order valence-electron chi connectivity index (χ2n) is 5.71. The average molecular weight is 355 g/mol. The summed E-state index contributed by atoms with van der Waals surface area (Å²) in [6.45, 7) is 4.93. The second-order valence-corrected chi connectivity index (χ2v) is 5.71.